The van der Waals surface area contributed by atoms with Crippen LogP contribution in [0.2, 0.25) is 5.02 Å². The molecule has 4 heterocycles. The molecule has 1 unspecified atom stereocenters. The molecule has 0 radical (unpaired) electrons. The number of nitrogens with one attached hydrogen (secondary N) is 1. The van der Waals surface area contributed by atoms with Crippen molar-refractivity contribution in [1.82, 2.24) is 10.4 Å². The topological polar surface area (TPSA) is 36.9 Å². The Labute approximate surface area is 141 Å². The van der Waals surface area contributed by atoms with Crippen LogP contribution in [0.3, 0.4) is 0 Å². The Morgan fingerprint density at radius 3 is 2.74 bits per heavy atom. The summed E-state index contributed by atoms with van der Waals surface area (Å²) in [6, 6.07) is 6.13. The van der Waals surface area contributed by atoms with Gasteiger partial charge in [-0.25, -0.2) is 4.99 Å². The summed E-state index contributed by atoms with van der Waals surface area (Å²) in [5.74, 6) is 2.27. The Bertz CT molecular complexity index is 664. The third-order valence-corrected chi connectivity index (χ3v) is 6.27. The van der Waals surface area contributed by atoms with Gasteiger partial charge in [-0.2, -0.15) is 0 Å². The first-order valence-electron chi connectivity index (χ1n) is 8.75. The predicted octanol–water partition coefficient (Wildman–Crippen LogP) is 3.64. The van der Waals surface area contributed by atoms with E-state index in [0.29, 0.717) is 11.8 Å². The molecule has 122 valence electrons. The van der Waals surface area contributed by atoms with Crippen molar-refractivity contribution in [2.75, 3.05) is 19.6 Å². The van der Waals surface area contributed by atoms with Crippen LogP contribution in [-0.2, 0) is 4.84 Å². The Hall–Kier alpha value is -1.10. The van der Waals surface area contributed by atoms with Crippen LogP contribution >= 0.6 is 11.6 Å². The van der Waals surface area contributed by atoms with Gasteiger partial charge in [0.2, 0.25) is 0 Å². The number of halogens is 1. The second kappa shape index (κ2) is 5.20. The largest absolute Gasteiger partial charge is 0.300 e. The lowest BCUT2D eigenvalue weighted by molar-refractivity contribution is -0.150. The molecule has 2 bridgehead atoms. The summed E-state index contributed by atoms with van der Waals surface area (Å²) in [5, 5.41) is 0.876. The highest BCUT2D eigenvalue weighted by Crippen LogP contribution is 2.45. The molecule has 1 spiro atoms. The standard InChI is InChI=1S/C18H22ClN3O/c19-16-4-3-14(9-15(16)12-1-2-12)20-17-10-18(23-21-17)11-22-7-5-13(18)6-8-22/h3-4,9,12-13H,1-2,5-8,10-11H2,(H,20,21). The van der Waals surface area contributed by atoms with E-state index in [2.05, 4.69) is 16.4 Å². The zero-order valence-corrected chi connectivity index (χ0v) is 14.0. The molecule has 4 aliphatic heterocycles. The van der Waals surface area contributed by atoms with Crippen molar-refractivity contribution >= 4 is 23.1 Å². The summed E-state index contributed by atoms with van der Waals surface area (Å²) in [6.07, 6.45) is 5.91. The molecule has 4 saturated heterocycles. The molecule has 0 aromatic heterocycles. The molecule has 5 heteroatoms. The molecule has 5 fully saturated rings. The molecule has 1 aromatic carbocycles. The van der Waals surface area contributed by atoms with Crippen LogP contribution < -0.4 is 5.48 Å². The second-order valence-electron chi connectivity index (χ2n) is 7.53. The molecular formula is C18H22ClN3O. The molecule has 4 nitrogen and oxygen atoms in total. The Morgan fingerprint density at radius 2 is 2.04 bits per heavy atom. The molecular weight excluding hydrogens is 310 g/mol. The van der Waals surface area contributed by atoms with Gasteiger partial charge in [0.15, 0.2) is 0 Å². The Kier molecular flexibility index (Phi) is 3.22. The zero-order chi connectivity index (χ0) is 15.4. The number of hydroxylamine groups is 1. The van der Waals surface area contributed by atoms with Crippen LogP contribution in [0.1, 0.15) is 43.6 Å². The number of aliphatic imine (C=N–C) groups is 1. The average Bonchev–Trinajstić information content (AvgIpc) is 3.34. The van der Waals surface area contributed by atoms with Gasteiger partial charge < -0.3 is 4.90 Å². The molecule has 1 aliphatic carbocycles. The normalized spacial score (nSPS) is 37.5. The fourth-order valence-corrected chi connectivity index (χ4v) is 4.75. The van der Waals surface area contributed by atoms with E-state index in [4.69, 9.17) is 21.4 Å². The van der Waals surface area contributed by atoms with Crippen LogP contribution in [0.25, 0.3) is 0 Å². The summed E-state index contributed by atoms with van der Waals surface area (Å²) in [6.45, 7) is 3.49. The number of hydrogen-bond acceptors (Lipinski definition) is 3. The monoisotopic (exact) mass is 331 g/mol. The van der Waals surface area contributed by atoms with E-state index in [1.54, 1.807) is 0 Å². The van der Waals surface area contributed by atoms with Crippen molar-refractivity contribution in [3.05, 3.63) is 28.8 Å². The molecule has 6 rings (SSSR count). The van der Waals surface area contributed by atoms with Gasteiger partial charge in [0.05, 0.1) is 5.69 Å². The van der Waals surface area contributed by atoms with Gasteiger partial charge in [-0.05, 0) is 74.4 Å². The van der Waals surface area contributed by atoms with E-state index in [9.17, 15) is 0 Å². The average molecular weight is 332 g/mol. The lowest BCUT2D eigenvalue weighted by Crippen LogP contribution is -2.59. The first-order chi connectivity index (χ1) is 11.2. The number of piperidine rings is 3. The van der Waals surface area contributed by atoms with Gasteiger partial charge in [-0.15, -0.1) is 0 Å². The first kappa shape index (κ1) is 14.3. The zero-order valence-electron chi connectivity index (χ0n) is 13.2. The van der Waals surface area contributed by atoms with Crippen molar-refractivity contribution in [3.63, 3.8) is 0 Å². The highest BCUT2D eigenvalue weighted by Gasteiger charge is 2.52. The summed E-state index contributed by atoms with van der Waals surface area (Å²) in [5.41, 5.74) is 5.31. The highest BCUT2D eigenvalue weighted by molar-refractivity contribution is 6.31. The molecule has 0 amide bonds. The van der Waals surface area contributed by atoms with Crippen molar-refractivity contribution in [2.45, 2.75) is 43.6 Å². The highest BCUT2D eigenvalue weighted by atomic mass is 35.5. The molecule has 5 aliphatic rings. The fraction of sp³-hybridized carbons (Fsp3) is 0.611. The smallest absolute Gasteiger partial charge is 0.129 e. The van der Waals surface area contributed by atoms with Crippen LogP contribution in [0.15, 0.2) is 23.2 Å². The number of hydrogen-bond donors (Lipinski definition) is 1. The van der Waals surface area contributed by atoms with Gasteiger partial charge in [-0.3, -0.25) is 10.3 Å². The summed E-state index contributed by atoms with van der Waals surface area (Å²) in [7, 11) is 0. The van der Waals surface area contributed by atoms with Crippen molar-refractivity contribution in [2.24, 2.45) is 10.9 Å². The van der Waals surface area contributed by atoms with Crippen LogP contribution in [0.4, 0.5) is 5.69 Å². The van der Waals surface area contributed by atoms with Crippen molar-refractivity contribution in [1.29, 1.82) is 0 Å². The molecule has 1 N–H and O–H groups in total. The molecule has 23 heavy (non-hydrogen) atoms. The molecule has 1 aromatic rings. The molecule has 1 atom stereocenters. The van der Waals surface area contributed by atoms with Gasteiger partial charge >= 0.3 is 0 Å². The third-order valence-electron chi connectivity index (χ3n) is 5.92. The van der Waals surface area contributed by atoms with Crippen LogP contribution in [0.5, 0.6) is 0 Å². The van der Waals surface area contributed by atoms with E-state index in [-0.39, 0.29) is 5.60 Å². The maximum atomic E-state index is 6.31. The van der Waals surface area contributed by atoms with E-state index in [1.165, 1.54) is 44.3 Å². The van der Waals surface area contributed by atoms with Crippen molar-refractivity contribution in [3.8, 4) is 0 Å². The van der Waals surface area contributed by atoms with E-state index in [0.717, 1.165) is 29.5 Å². The van der Waals surface area contributed by atoms with Crippen LogP contribution in [-0.4, -0.2) is 36.0 Å². The second-order valence-corrected chi connectivity index (χ2v) is 7.94. The number of fused-ring (bicyclic) bond motifs is 2. The van der Waals surface area contributed by atoms with Gasteiger partial charge in [-0.1, -0.05) is 11.6 Å². The lowest BCUT2D eigenvalue weighted by atomic mass is 9.74. The first-order valence-corrected chi connectivity index (χ1v) is 9.13. The number of amidine groups is 1. The summed E-state index contributed by atoms with van der Waals surface area (Å²) >= 11 is 6.31. The maximum Gasteiger partial charge on any atom is 0.129 e. The minimum Gasteiger partial charge on any atom is -0.300 e. The van der Waals surface area contributed by atoms with Crippen LogP contribution in [0, 0.1) is 5.92 Å². The maximum absolute atomic E-state index is 6.31. The molecule has 1 saturated carbocycles. The minimum atomic E-state index is -0.0545. The fourth-order valence-electron chi connectivity index (χ4n) is 4.48. The van der Waals surface area contributed by atoms with E-state index in [1.807, 2.05) is 12.1 Å². The lowest BCUT2D eigenvalue weighted by Gasteiger charge is -2.49. The van der Waals surface area contributed by atoms with Gasteiger partial charge in [0.25, 0.3) is 0 Å². The Balaban J connectivity index is 1.39. The van der Waals surface area contributed by atoms with E-state index < -0.39 is 0 Å². The number of rotatable bonds is 2. The van der Waals surface area contributed by atoms with Gasteiger partial charge in [0.1, 0.15) is 11.4 Å². The Morgan fingerprint density at radius 1 is 1.22 bits per heavy atom. The van der Waals surface area contributed by atoms with Crippen molar-refractivity contribution < 1.29 is 4.84 Å². The predicted molar refractivity (Wildman–Crippen MR) is 91.3 cm³/mol. The minimum absolute atomic E-state index is 0.0545. The SMILES string of the molecule is Clc1ccc(N=C2CC3(CN4CCC3CC4)ON2)cc1C1CC1. The third kappa shape index (κ3) is 2.48. The number of benzene rings is 1. The number of nitrogens with zero attached hydrogens (tertiary/aromatic N) is 2. The quantitative estimate of drug-likeness (QED) is 0.899. The van der Waals surface area contributed by atoms with E-state index >= 15 is 0 Å². The van der Waals surface area contributed by atoms with Gasteiger partial charge in [0, 0.05) is 18.0 Å². The summed E-state index contributed by atoms with van der Waals surface area (Å²) in [4.78, 5) is 13.4. The summed E-state index contributed by atoms with van der Waals surface area (Å²) < 4.78 is 0.